The molecule has 1 atom stereocenters. The zero-order chi connectivity index (χ0) is 18.0. The molecule has 0 bridgehead atoms. The van der Waals surface area contributed by atoms with E-state index in [1.165, 1.54) is 12.1 Å². The fourth-order valence-corrected chi connectivity index (χ4v) is 3.55. The molecule has 2 aromatic carbocycles. The van der Waals surface area contributed by atoms with E-state index in [0.717, 1.165) is 20.8 Å². The molecule has 3 aromatic rings. The number of para-hydroxylation sites is 1. The van der Waals surface area contributed by atoms with Crippen LogP contribution in [0, 0.1) is 10.1 Å². The molecule has 0 spiro atoms. The lowest BCUT2D eigenvalue weighted by molar-refractivity contribution is -0.384. The third kappa shape index (κ3) is 3.66. The molecule has 128 valence electrons. The third-order valence-corrected chi connectivity index (χ3v) is 5.35. The summed E-state index contributed by atoms with van der Waals surface area (Å²) in [6.45, 7) is 1.95. The largest absolute Gasteiger partial charge is 0.336 e. The summed E-state index contributed by atoms with van der Waals surface area (Å²) in [6, 6.07) is 13.8. The number of likely N-dealkylation sites (N-methyl/N-ethyl adjacent to an activating group) is 1. The van der Waals surface area contributed by atoms with Crippen LogP contribution >= 0.6 is 11.3 Å². The van der Waals surface area contributed by atoms with Crippen LogP contribution in [-0.4, -0.2) is 27.8 Å². The number of fused-ring (bicyclic) bond motifs is 1. The first kappa shape index (κ1) is 17.0. The summed E-state index contributed by atoms with van der Waals surface area (Å²) in [5.41, 5.74) is 1.71. The average molecular weight is 355 g/mol. The summed E-state index contributed by atoms with van der Waals surface area (Å²) in [6.07, 6.45) is 0.198. The fraction of sp³-hybridized carbons (Fsp3) is 0.222. The molecule has 0 aliphatic rings. The van der Waals surface area contributed by atoms with Crippen LogP contribution in [0.15, 0.2) is 48.5 Å². The standard InChI is InChI=1S/C18H17N3O3S/c1-12(18-19-15-5-3-4-6-16(15)25-18)20(2)17(22)11-13-7-9-14(10-8-13)21(23)24/h3-10,12H,11H2,1-2H3/t12-/m0/s1. The maximum absolute atomic E-state index is 12.5. The van der Waals surface area contributed by atoms with E-state index in [1.807, 2.05) is 31.2 Å². The zero-order valence-electron chi connectivity index (χ0n) is 13.9. The summed E-state index contributed by atoms with van der Waals surface area (Å²) < 4.78 is 1.10. The summed E-state index contributed by atoms with van der Waals surface area (Å²) in [5, 5.41) is 11.6. The Morgan fingerprint density at radius 2 is 1.92 bits per heavy atom. The number of carbonyl (C=O) groups excluding carboxylic acids is 1. The van der Waals surface area contributed by atoms with Gasteiger partial charge in [-0.3, -0.25) is 14.9 Å². The number of hydrogen-bond acceptors (Lipinski definition) is 5. The van der Waals surface area contributed by atoms with Gasteiger partial charge in [0.15, 0.2) is 0 Å². The minimum Gasteiger partial charge on any atom is -0.336 e. The number of aromatic nitrogens is 1. The second kappa shape index (κ2) is 6.98. The van der Waals surface area contributed by atoms with Crippen molar-refractivity contribution in [2.45, 2.75) is 19.4 Å². The molecule has 0 saturated carbocycles. The van der Waals surface area contributed by atoms with Crippen molar-refractivity contribution in [3.63, 3.8) is 0 Å². The van der Waals surface area contributed by atoms with E-state index in [-0.39, 0.29) is 24.1 Å². The second-order valence-electron chi connectivity index (χ2n) is 5.80. The SMILES string of the molecule is C[C@@H](c1nc2ccccc2s1)N(C)C(=O)Cc1ccc([N+](=O)[O-])cc1. The molecule has 1 amide bonds. The Bertz CT molecular complexity index is 888. The lowest BCUT2D eigenvalue weighted by atomic mass is 10.1. The molecular weight excluding hydrogens is 338 g/mol. The van der Waals surface area contributed by atoms with Crippen molar-refractivity contribution in [3.05, 3.63) is 69.2 Å². The molecule has 1 heterocycles. The molecule has 0 N–H and O–H groups in total. The molecule has 0 unspecified atom stereocenters. The maximum atomic E-state index is 12.5. The molecule has 0 aliphatic heterocycles. The molecular formula is C18H17N3O3S. The quantitative estimate of drug-likeness (QED) is 0.513. The predicted octanol–water partition coefficient (Wildman–Crippen LogP) is 3.97. The molecule has 1 aromatic heterocycles. The lowest BCUT2D eigenvalue weighted by Crippen LogP contribution is -2.30. The van der Waals surface area contributed by atoms with E-state index in [1.54, 1.807) is 35.4 Å². The van der Waals surface area contributed by atoms with Crippen LogP contribution in [0.3, 0.4) is 0 Å². The Kier molecular flexibility index (Phi) is 4.76. The molecule has 3 rings (SSSR count). The van der Waals surface area contributed by atoms with Gasteiger partial charge in [-0.15, -0.1) is 11.3 Å². The zero-order valence-corrected chi connectivity index (χ0v) is 14.7. The maximum Gasteiger partial charge on any atom is 0.269 e. The van der Waals surface area contributed by atoms with Gasteiger partial charge in [0, 0.05) is 19.2 Å². The normalized spacial score (nSPS) is 12.1. The highest BCUT2D eigenvalue weighted by molar-refractivity contribution is 7.18. The van der Waals surface area contributed by atoms with Crippen LogP contribution in [0.5, 0.6) is 0 Å². The number of thiazole rings is 1. The van der Waals surface area contributed by atoms with E-state index in [2.05, 4.69) is 4.98 Å². The summed E-state index contributed by atoms with van der Waals surface area (Å²) >= 11 is 1.58. The van der Waals surface area contributed by atoms with Gasteiger partial charge in [0.25, 0.3) is 5.69 Å². The number of non-ortho nitro benzene ring substituents is 1. The van der Waals surface area contributed by atoms with Crippen LogP contribution in [0.2, 0.25) is 0 Å². The van der Waals surface area contributed by atoms with E-state index in [9.17, 15) is 14.9 Å². The van der Waals surface area contributed by atoms with E-state index in [0.29, 0.717) is 0 Å². The summed E-state index contributed by atoms with van der Waals surface area (Å²) in [5.74, 6) is -0.0550. The van der Waals surface area contributed by atoms with Crippen molar-refractivity contribution >= 4 is 33.1 Å². The first-order chi connectivity index (χ1) is 12.0. The van der Waals surface area contributed by atoms with Crippen LogP contribution in [0.4, 0.5) is 5.69 Å². The number of benzene rings is 2. The highest BCUT2D eigenvalue weighted by Crippen LogP contribution is 2.29. The number of nitro groups is 1. The van der Waals surface area contributed by atoms with E-state index in [4.69, 9.17) is 0 Å². The fourth-order valence-electron chi connectivity index (χ4n) is 2.49. The first-order valence-corrected chi connectivity index (χ1v) is 8.62. The monoisotopic (exact) mass is 355 g/mol. The Balaban J connectivity index is 1.71. The lowest BCUT2D eigenvalue weighted by Gasteiger charge is -2.23. The van der Waals surface area contributed by atoms with Crippen molar-refractivity contribution in [3.8, 4) is 0 Å². The van der Waals surface area contributed by atoms with E-state index < -0.39 is 4.92 Å². The number of amides is 1. The Hall–Kier alpha value is -2.80. The number of carbonyl (C=O) groups is 1. The minimum absolute atomic E-state index is 0.0207. The van der Waals surface area contributed by atoms with Crippen molar-refractivity contribution in [1.29, 1.82) is 0 Å². The van der Waals surface area contributed by atoms with Crippen LogP contribution in [-0.2, 0) is 11.2 Å². The summed E-state index contributed by atoms with van der Waals surface area (Å²) in [7, 11) is 1.75. The number of rotatable bonds is 5. The summed E-state index contributed by atoms with van der Waals surface area (Å²) in [4.78, 5) is 29.0. The van der Waals surface area contributed by atoms with Gasteiger partial charge in [-0.05, 0) is 24.6 Å². The average Bonchev–Trinajstić information content (AvgIpc) is 3.05. The van der Waals surface area contributed by atoms with Crippen LogP contribution in [0.1, 0.15) is 23.5 Å². The van der Waals surface area contributed by atoms with Crippen LogP contribution < -0.4 is 0 Å². The Morgan fingerprint density at radius 3 is 2.56 bits per heavy atom. The van der Waals surface area contributed by atoms with Crippen molar-refractivity contribution in [1.82, 2.24) is 9.88 Å². The van der Waals surface area contributed by atoms with Crippen LogP contribution in [0.25, 0.3) is 10.2 Å². The second-order valence-corrected chi connectivity index (χ2v) is 6.86. The first-order valence-electron chi connectivity index (χ1n) is 7.80. The number of nitrogens with zero attached hydrogens (tertiary/aromatic N) is 3. The molecule has 0 saturated heterocycles. The topological polar surface area (TPSA) is 76.3 Å². The number of hydrogen-bond donors (Lipinski definition) is 0. The van der Waals surface area contributed by atoms with Gasteiger partial charge in [0.2, 0.25) is 5.91 Å². The molecule has 6 nitrogen and oxygen atoms in total. The molecule has 0 radical (unpaired) electrons. The minimum atomic E-state index is -0.451. The Labute approximate surface area is 148 Å². The van der Waals surface area contributed by atoms with Gasteiger partial charge < -0.3 is 4.90 Å². The highest BCUT2D eigenvalue weighted by atomic mass is 32.1. The van der Waals surface area contributed by atoms with E-state index >= 15 is 0 Å². The van der Waals surface area contributed by atoms with Gasteiger partial charge in [-0.1, -0.05) is 24.3 Å². The predicted molar refractivity (Wildman–Crippen MR) is 97.6 cm³/mol. The molecule has 25 heavy (non-hydrogen) atoms. The van der Waals surface area contributed by atoms with Gasteiger partial charge >= 0.3 is 0 Å². The smallest absolute Gasteiger partial charge is 0.269 e. The van der Waals surface area contributed by atoms with Crippen molar-refractivity contribution in [2.24, 2.45) is 0 Å². The van der Waals surface area contributed by atoms with Crippen molar-refractivity contribution in [2.75, 3.05) is 7.05 Å². The molecule has 0 aliphatic carbocycles. The van der Waals surface area contributed by atoms with Crippen molar-refractivity contribution < 1.29 is 9.72 Å². The number of nitro benzene ring substituents is 1. The van der Waals surface area contributed by atoms with Gasteiger partial charge in [0.05, 0.1) is 27.6 Å². The molecule has 0 fully saturated rings. The van der Waals surface area contributed by atoms with Gasteiger partial charge in [-0.25, -0.2) is 4.98 Å². The highest BCUT2D eigenvalue weighted by Gasteiger charge is 2.21. The van der Waals surface area contributed by atoms with Gasteiger partial charge in [0.1, 0.15) is 5.01 Å². The Morgan fingerprint density at radius 1 is 1.24 bits per heavy atom. The van der Waals surface area contributed by atoms with Gasteiger partial charge in [-0.2, -0.15) is 0 Å². The third-order valence-electron chi connectivity index (χ3n) is 4.14. The molecule has 7 heteroatoms.